The Hall–Kier alpha value is -3.86. The number of hydrogen-bond donors (Lipinski definition) is 2. The van der Waals surface area contributed by atoms with Gasteiger partial charge in [-0.05, 0) is 23.8 Å². The fourth-order valence-corrected chi connectivity index (χ4v) is 3.83. The number of benzene rings is 2. The smallest absolute Gasteiger partial charge is 0.328 e. The van der Waals surface area contributed by atoms with Crippen LogP contribution in [0.4, 0.5) is 22.2 Å². The minimum absolute atomic E-state index is 0.00390. The number of carbonyl (C=O) groups is 2. The topological polar surface area (TPSA) is 125 Å². The van der Waals surface area contributed by atoms with E-state index in [2.05, 4.69) is 15.0 Å². The summed E-state index contributed by atoms with van der Waals surface area (Å²) in [6, 6.07) is 15.7. The van der Waals surface area contributed by atoms with Crippen molar-refractivity contribution >= 4 is 39.4 Å². The predicted molar refractivity (Wildman–Crippen MR) is 119 cm³/mol. The zero-order valence-corrected chi connectivity index (χ0v) is 18.0. The molecule has 1 saturated heterocycles. The Morgan fingerprint density at radius 1 is 1.09 bits per heavy atom. The van der Waals surface area contributed by atoms with E-state index in [0.29, 0.717) is 31.0 Å². The lowest BCUT2D eigenvalue weighted by Crippen LogP contribution is -2.31. The molecule has 1 aliphatic rings. The van der Waals surface area contributed by atoms with Gasteiger partial charge in [0, 0.05) is 25.3 Å². The van der Waals surface area contributed by atoms with E-state index >= 15 is 0 Å². The molecule has 10 nitrogen and oxygen atoms in total. The Balaban J connectivity index is 1.41. The maximum atomic E-state index is 12.7. The Bertz CT molecular complexity index is 1240. The van der Waals surface area contributed by atoms with Crippen LogP contribution >= 0.6 is 0 Å². The van der Waals surface area contributed by atoms with Crippen molar-refractivity contribution in [2.24, 2.45) is 0 Å². The lowest BCUT2D eigenvalue weighted by atomic mass is 10.2. The van der Waals surface area contributed by atoms with Gasteiger partial charge in [0.05, 0.1) is 11.9 Å². The van der Waals surface area contributed by atoms with Crippen LogP contribution in [0.2, 0.25) is 0 Å². The van der Waals surface area contributed by atoms with Gasteiger partial charge in [-0.3, -0.25) is 9.52 Å². The molecule has 0 spiro atoms. The summed E-state index contributed by atoms with van der Waals surface area (Å²) in [5, 5.41) is 2.63. The van der Waals surface area contributed by atoms with Crippen LogP contribution < -0.4 is 14.9 Å². The Kier molecular flexibility index (Phi) is 5.82. The van der Waals surface area contributed by atoms with E-state index in [0.717, 1.165) is 11.8 Å². The molecule has 166 valence electrons. The van der Waals surface area contributed by atoms with E-state index in [1.54, 1.807) is 23.1 Å². The van der Waals surface area contributed by atoms with E-state index in [1.807, 2.05) is 30.3 Å². The molecular weight excluding hydrogens is 434 g/mol. The average Bonchev–Trinajstić information content (AvgIpc) is 3.35. The monoisotopic (exact) mass is 455 g/mol. The third kappa shape index (κ3) is 5.06. The number of rotatable bonds is 7. The number of hydrogen-bond acceptors (Lipinski definition) is 6. The van der Waals surface area contributed by atoms with Crippen molar-refractivity contribution in [2.75, 3.05) is 34.3 Å². The van der Waals surface area contributed by atoms with Crippen LogP contribution in [0.25, 0.3) is 0 Å². The normalized spacial score (nSPS) is 14.0. The van der Waals surface area contributed by atoms with Gasteiger partial charge in [0.1, 0.15) is 6.26 Å². The predicted octanol–water partition coefficient (Wildman–Crippen LogP) is 2.74. The molecule has 3 aromatic rings. The standard InChI is InChI=1S/C21H21N5O5S/c1-32(29,30)24-17-9-5-8-16(12-17)22-19(27)18-14-31-20(23-18)26-11-10-25(21(26)28)13-15-6-3-2-4-7-15/h2-9,12,14,24H,10-11,13H2,1H3,(H,22,27). The number of oxazole rings is 1. The van der Waals surface area contributed by atoms with Gasteiger partial charge >= 0.3 is 12.0 Å². The van der Waals surface area contributed by atoms with E-state index in [9.17, 15) is 18.0 Å². The lowest BCUT2D eigenvalue weighted by Gasteiger charge is -2.16. The minimum Gasteiger partial charge on any atom is -0.431 e. The number of nitrogens with zero attached hydrogens (tertiary/aromatic N) is 3. The molecule has 4 rings (SSSR count). The van der Waals surface area contributed by atoms with Gasteiger partial charge in [0.25, 0.3) is 5.91 Å². The highest BCUT2D eigenvalue weighted by molar-refractivity contribution is 7.92. The molecule has 0 saturated carbocycles. The van der Waals surface area contributed by atoms with Gasteiger partial charge in [-0.1, -0.05) is 36.4 Å². The van der Waals surface area contributed by atoms with Crippen LogP contribution in [0.1, 0.15) is 16.1 Å². The molecule has 32 heavy (non-hydrogen) atoms. The second kappa shape index (κ2) is 8.71. The Labute approximate surface area is 184 Å². The number of anilines is 3. The molecule has 2 aromatic carbocycles. The molecule has 0 unspecified atom stereocenters. The second-order valence-corrected chi connectivity index (χ2v) is 9.01. The molecule has 11 heteroatoms. The molecule has 2 N–H and O–H groups in total. The first kappa shape index (κ1) is 21.4. The molecule has 1 aliphatic heterocycles. The maximum Gasteiger partial charge on any atom is 0.328 e. The first-order valence-corrected chi connectivity index (χ1v) is 11.6. The van der Waals surface area contributed by atoms with Gasteiger partial charge < -0.3 is 14.6 Å². The number of sulfonamides is 1. The molecule has 0 bridgehead atoms. The van der Waals surface area contributed by atoms with E-state index in [4.69, 9.17) is 4.42 Å². The molecular formula is C21H21N5O5S. The van der Waals surface area contributed by atoms with Crippen LogP contribution in [0.15, 0.2) is 65.3 Å². The summed E-state index contributed by atoms with van der Waals surface area (Å²) in [7, 11) is -3.44. The highest BCUT2D eigenvalue weighted by Gasteiger charge is 2.33. The lowest BCUT2D eigenvalue weighted by molar-refractivity contribution is 0.102. The summed E-state index contributed by atoms with van der Waals surface area (Å²) in [6.45, 7) is 1.38. The zero-order chi connectivity index (χ0) is 22.7. The Morgan fingerprint density at radius 2 is 1.84 bits per heavy atom. The highest BCUT2D eigenvalue weighted by Crippen LogP contribution is 2.22. The van der Waals surface area contributed by atoms with Crippen molar-refractivity contribution in [2.45, 2.75) is 6.54 Å². The van der Waals surface area contributed by atoms with Crippen LogP contribution in [-0.4, -0.2) is 49.6 Å². The van der Waals surface area contributed by atoms with Crippen LogP contribution in [0, 0.1) is 0 Å². The molecule has 2 heterocycles. The summed E-state index contributed by atoms with van der Waals surface area (Å²) >= 11 is 0. The first-order valence-electron chi connectivity index (χ1n) is 9.73. The van der Waals surface area contributed by atoms with Gasteiger partial charge in [-0.2, -0.15) is 4.98 Å². The third-order valence-electron chi connectivity index (χ3n) is 4.69. The van der Waals surface area contributed by atoms with Crippen molar-refractivity contribution in [1.82, 2.24) is 9.88 Å². The minimum atomic E-state index is -3.44. The van der Waals surface area contributed by atoms with Gasteiger partial charge in [-0.25, -0.2) is 18.1 Å². The van der Waals surface area contributed by atoms with Crippen molar-refractivity contribution < 1.29 is 22.4 Å². The maximum absolute atomic E-state index is 12.7. The molecule has 0 aliphatic carbocycles. The highest BCUT2D eigenvalue weighted by atomic mass is 32.2. The number of urea groups is 1. The summed E-state index contributed by atoms with van der Waals surface area (Å²) in [5.74, 6) is -0.552. The van der Waals surface area contributed by atoms with E-state index < -0.39 is 15.9 Å². The Morgan fingerprint density at radius 3 is 2.59 bits per heavy atom. The molecule has 1 fully saturated rings. The first-order chi connectivity index (χ1) is 15.3. The van der Waals surface area contributed by atoms with Crippen LogP contribution in [0.5, 0.6) is 0 Å². The molecule has 3 amide bonds. The van der Waals surface area contributed by atoms with Crippen LogP contribution in [0.3, 0.4) is 0 Å². The van der Waals surface area contributed by atoms with Gasteiger partial charge in [-0.15, -0.1) is 0 Å². The van der Waals surface area contributed by atoms with Gasteiger partial charge in [0.2, 0.25) is 10.0 Å². The van der Waals surface area contributed by atoms with E-state index in [-0.39, 0.29) is 17.7 Å². The summed E-state index contributed by atoms with van der Waals surface area (Å²) in [5.41, 5.74) is 1.70. The number of nitrogens with one attached hydrogen (secondary N) is 2. The largest absolute Gasteiger partial charge is 0.431 e. The molecule has 0 radical (unpaired) electrons. The quantitative estimate of drug-likeness (QED) is 0.564. The van der Waals surface area contributed by atoms with Crippen molar-refractivity contribution in [1.29, 1.82) is 0 Å². The van der Waals surface area contributed by atoms with E-state index in [1.165, 1.54) is 17.2 Å². The number of carbonyl (C=O) groups excluding carboxylic acids is 2. The van der Waals surface area contributed by atoms with Crippen LogP contribution in [-0.2, 0) is 16.6 Å². The van der Waals surface area contributed by atoms with Crippen molar-refractivity contribution in [3.05, 3.63) is 72.1 Å². The molecule has 1 aromatic heterocycles. The van der Waals surface area contributed by atoms with Gasteiger partial charge in [0.15, 0.2) is 5.69 Å². The second-order valence-electron chi connectivity index (χ2n) is 7.27. The fraction of sp³-hybridized carbons (Fsp3) is 0.190. The number of aromatic nitrogens is 1. The SMILES string of the molecule is CS(=O)(=O)Nc1cccc(NC(=O)c2coc(N3CCN(Cc4ccccc4)C3=O)n2)c1. The zero-order valence-electron chi connectivity index (χ0n) is 17.2. The fourth-order valence-electron chi connectivity index (χ4n) is 3.27. The summed E-state index contributed by atoms with van der Waals surface area (Å²) in [4.78, 5) is 32.5. The number of amides is 3. The van der Waals surface area contributed by atoms with Crippen molar-refractivity contribution in [3.63, 3.8) is 0 Å². The molecule has 0 atom stereocenters. The summed E-state index contributed by atoms with van der Waals surface area (Å²) in [6.07, 6.45) is 2.21. The summed E-state index contributed by atoms with van der Waals surface area (Å²) < 4.78 is 30.5. The van der Waals surface area contributed by atoms with Crippen molar-refractivity contribution in [3.8, 4) is 0 Å². The average molecular weight is 455 g/mol. The third-order valence-corrected chi connectivity index (χ3v) is 5.30.